The van der Waals surface area contributed by atoms with Crippen LogP contribution in [0.3, 0.4) is 0 Å². The number of benzene rings is 2. The van der Waals surface area contributed by atoms with Gasteiger partial charge in [0, 0.05) is 45.0 Å². The molecule has 3 aromatic rings. The van der Waals surface area contributed by atoms with E-state index in [9.17, 15) is 9.90 Å². The highest BCUT2D eigenvalue weighted by Crippen LogP contribution is 2.31. The fraction of sp³-hybridized carbons (Fsp3) is 0.217. The number of ether oxygens (including phenoxy) is 1. The number of hydrogen-bond acceptors (Lipinski definition) is 5. The predicted octanol–water partition coefficient (Wildman–Crippen LogP) is 3.89. The number of carboxylic acid groups (broad SMARTS) is 1. The zero-order chi connectivity index (χ0) is 20.1. The minimum atomic E-state index is -1.04. The quantitative estimate of drug-likeness (QED) is 0.690. The summed E-state index contributed by atoms with van der Waals surface area (Å²) in [5.74, 6) is 0.330. The van der Waals surface area contributed by atoms with Gasteiger partial charge in [-0.25, -0.2) is 9.78 Å². The molecule has 6 nitrogen and oxygen atoms in total. The van der Waals surface area contributed by atoms with Crippen LogP contribution in [0.2, 0.25) is 0 Å². The minimum absolute atomic E-state index is 0.105. The summed E-state index contributed by atoms with van der Waals surface area (Å²) in [5, 5.41) is 9.84. The molecule has 0 atom stereocenters. The molecule has 0 radical (unpaired) electrons. The lowest BCUT2D eigenvalue weighted by Crippen LogP contribution is -2.46. The molecular weight excluding hydrogens is 366 g/mol. The maximum absolute atomic E-state index is 12.0. The number of carbonyl (C=O) groups is 1. The second-order valence-corrected chi connectivity index (χ2v) is 6.98. The van der Waals surface area contributed by atoms with Gasteiger partial charge in [-0.1, -0.05) is 48.5 Å². The van der Waals surface area contributed by atoms with E-state index >= 15 is 0 Å². The second kappa shape index (κ2) is 8.75. The van der Waals surface area contributed by atoms with Gasteiger partial charge in [0.2, 0.25) is 0 Å². The van der Waals surface area contributed by atoms with Crippen LogP contribution in [-0.4, -0.2) is 47.1 Å². The summed E-state index contributed by atoms with van der Waals surface area (Å²) in [6.45, 7) is 4.02. The summed E-state index contributed by atoms with van der Waals surface area (Å²) in [4.78, 5) is 20.8. The number of rotatable bonds is 6. The summed E-state index contributed by atoms with van der Waals surface area (Å²) < 4.78 is 5.84. The smallest absolute Gasteiger partial charge is 0.343 e. The van der Waals surface area contributed by atoms with Crippen molar-refractivity contribution in [2.24, 2.45) is 0 Å². The van der Waals surface area contributed by atoms with Gasteiger partial charge in [-0.05, 0) is 17.7 Å². The molecule has 6 heteroatoms. The molecule has 148 valence electrons. The van der Waals surface area contributed by atoms with Crippen molar-refractivity contribution >= 4 is 11.8 Å². The molecule has 1 aliphatic rings. The highest BCUT2D eigenvalue weighted by Gasteiger charge is 2.26. The van der Waals surface area contributed by atoms with Crippen LogP contribution in [0, 0.1) is 0 Å². The first-order valence-electron chi connectivity index (χ1n) is 9.67. The summed E-state index contributed by atoms with van der Waals surface area (Å²) in [6.07, 6.45) is 1.61. The molecule has 4 rings (SSSR count). The fourth-order valence-electron chi connectivity index (χ4n) is 3.53. The Kier molecular flexibility index (Phi) is 5.72. The van der Waals surface area contributed by atoms with Crippen LogP contribution in [0.4, 0.5) is 5.82 Å². The molecule has 0 aliphatic carbocycles. The van der Waals surface area contributed by atoms with Crippen molar-refractivity contribution in [2.45, 2.75) is 6.54 Å². The Morgan fingerprint density at radius 3 is 2.24 bits per heavy atom. The zero-order valence-corrected chi connectivity index (χ0v) is 16.1. The number of aromatic nitrogens is 1. The van der Waals surface area contributed by atoms with Gasteiger partial charge >= 0.3 is 5.97 Å². The average molecular weight is 389 g/mol. The first-order valence-corrected chi connectivity index (χ1v) is 9.67. The van der Waals surface area contributed by atoms with Crippen molar-refractivity contribution in [3.8, 4) is 11.5 Å². The van der Waals surface area contributed by atoms with E-state index in [2.05, 4.69) is 22.0 Å². The largest absolute Gasteiger partial charge is 0.477 e. The van der Waals surface area contributed by atoms with Crippen molar-refractivity contribution in [3.05, 3.63) is 84.1 Å². The molecule has 1 aromatic heterocycles. The van der Waals surface area contributed by atoms with Gasteiger partial charge < -0.3 is 14.7 Å². The molecule has 29 heavy (non-hydrogen) atoms. The summed E-state index contributed by atoms with van der Waals surface area (Å²) in [5.41, 5.74) is 1.39. The van der Waals surface area contributed by atoms with Crippen LogP contribution in [0.5, 0.6) is 11.5 Å². The van der Waals surface area contributed by atoms with E-state index in [1.54, 1.807) is 24.4 Å². The Balaban J connectivity index is 1.50. The van der Waals surface area contributed by atoms with E-state index in [0.29, 0.717) is 17.3 Å². The number of para-hydroxylation sites is 1. The van der Waals surface area contributed by atoms with Crippen LogP contribution in [0.15, 0.2) is 72.9 Å². The molecule has 0 unspecified atom stereocenters. The lowest BCUT2D eigenvalue weighted by atomic mass is 10.1. The average Bonchev–Trinajstić information content (AvgIpc) is 2.75. The number of aromatic carboxylic acids is 1. The monoisotopic (exact) mass is 389 g/mol. The number of hydrogen-bond donors (Lipinski definition) is 1. The van der Waals surface area contributed by atoms with E-state index in [1.807, 2.05) is 41.3 Å². The molecule has 2 heterocycles. The standard InChI is InChI=1S/C23H23N3O3/c27-23(28)21-20(29-19-9-5-2-6-10-19)11-12-24-22(21)26-15-13-25(14-16-26)17-18-7-3-1-4-8-18/h1-12H,13-17H2,(H,27,28). The summed E-state index contributed by atoms with van der Waals surface area (Å²) in [6, 6.07) is 21.2. The Bertz CT molecular complexity index is 956. The molecule has 0 bridgehead atoms. The molecular formula is C23H23N3O3. The molecule has 1 N–H and O–H groups in total. The summed E-state index contributed by atoms with van der Waals surface area (Å²) >= 11 is 0. The third-order valence-corrected chi connectivity index (χ3v) is 5.00. The second-order valence-electron chi connectivity index (χ2n) is 6.98. The molecule has 0 spiro atoms. The van der Waals surface area contributed by atoms with Gasteiger partial charge in [-0.15, -0.1) is 0 Å². The normalized spacial score (nSPS) is 14.6. The highest BCUT2D eigenvalue weighted by molar-refractivity contribution is 5.96. The number of anilines is 1. The van der Waals surface area contributed by atoms with Crippen molar-refractivity contribution in [1.29, 1.82) is 0 Å². The lowest BCUT2D eigenvalue weighted by Gasteiger charge is -2.36. The van der Waals surface area contributed by atoms with E-state index < -0.39 is 5.97 Å². The van der Waals surface area contributed by atoms with E-state index in [1.165, 1.54) is 5.56 Å². The van der Waals surface area contributed by atoms with Crippen LogP contribution in [-0.2, 0) is 6.54 Å². The van der Waals surface area contributed by atoms with E-state index in [0.717, 1.165) is 32.7 Å². The molecule has 2 aromatic carbocycles. The zero-order valence-electron chi connectivity index (χ0n) is 16.1. The Morgan fingerprint density at radius 1 is 0.931 bits per heavy atom. The fourth-order valence-corrected chi connectivity index (χ4v) is 3.53. The van der Waals surface area contributed by atoms with Crippen molar-refractivity contribution in [3.63, 3.8) is 0 Å². The molecule has 1 aliphatic heterocycles. The number of carboxylic acids is 1. The van der Waals surface area contributed by atoms with E-state index in [4.69, 9.17) is 4.74 Å². The SMILES string of the molecule is O=C(O)c1c(Oc2ccccc2)ccnc1N1CCN(Cc2ccccc2)CC1. The van der Waals surface area contributed by atoms with Gasteiger partial charge in [0.15, 0.2) is 0 Å². The van der Waals surface area contributed by atoms with Gasteiger partial charge in [0.1, 0.15) is 22.9 Å². The minimum Gasteiger partial charge on any atom is -0.477 e. The van der Waals surface area contributed by atoms with Crippen LogP contribution in [0.1, 0.15) is 15.9 Å². The third-order valence-electron chi connectivity index (χ3n) is 5.00. The number of pyridine rings is 1. The van der Waals surface area contributed by atoms with Crippen LogP contribution >= 0.6 is 0 Å². The molecule has 0 saturated carbocycles. The third kappa shape index (κ3) is 4.55. The maximum atomic E-state index is 12.0. The van der Waals surface area contributed by atoms with Crippen molar-refractivity contribution in [1.82, 2.24) is 9.88 Å². The molecule has 1 saturated heterocycles. The van der Waals surface area contributed by atoms with Crippen LogP contribution in [0.25, 0.3) is 0 Å². The topological polar surface area (TPSA) is 65.9 Å². The van der Waals surface area contributed by atoms with Crippen molar-refractivity contribution in [2.75, 3.05) is 31.1 Å². The summed E-state index contributed by atoms with van der Waals surface area (Å²) in [7, 11) is 0. The Hall–Kier alpha value is -3.38. The van der Waals surface area contributed by atoms with Gasteiger partial charge in [-0.3, -0.25) is 4.90 Å². The van der Waals surface area contributed by atoms with Crippen LogP contribution < -0.4 is 9.64 Å². The molecule has 0 amide bonds. The van der Waals surface area contributed by atoms with E-state index in [-0.39, 0.29) is 5.56 Å². The molecule has 1 fully saturated rings. The maximum Gasteiger partial charge on any atom is 0.343 e. The van der Waals surface area contributed by atoms with Gasteiger partial charge in [0.25, 0.3) is 0 Å². The first kappa shape index (κ1) is 19.0. The van der Waals surface area contributed by atoms with Gasteiger partial charge in [0.05, 0.1) is 0 Å². The number of nitrogens with zero attached hydrogens (tertiary/aromatic N) is 3. The van der Waals surface area contributed by atoms with Gasteiger partial charge in [-0.2, -0.15) is 0 Å². The predicted molar refractivity (Wildman–Crippen MR) is 112 cm³/mol. The number of piperazine rings is 1. The lowest BCUT2D eigenvalue weighted by molar-refractivity contribution is 0.0694. The Labute approximate surface area is 170 Å². The first-order chi connectivity index (χ1) is 14.2. The highest BCUT2D eigenvalue weighted by atomic mass is 16.5. The Morgan fingerprint density at radius 2 is 1.59 bits per heavy atom. The van der Waals surface area contributed by atoms with Crippen molar-refractivity contribution < 1.29 is 14.6 Å².